The molecule has 4 rings (SSSR count). The summed E-state index contributed by atoms with van der Waals surface area (Å²) in [6.07, 6.45) is 0.271. The summed E-state index contributed by atoms with van der Waals surface area (Å²) in [6.45, 7) is 5.82. The SMILES string of the molecule is Cc1cc(N2CCN(C)CC2)n2nc(N[C@H](CC#N)c3cccc(Cl)c3)nc2n1. The maximum atomic E-state index is 9.27. The maximum absolute atomic E-state index is 9.27. The van der Waals surface area contributed by atoms with Crippen molar-refractivity contribution in [1.82, 2.24) is 24.5 Å². The Morgan fingerprint density at radius 1 is 1.21 bits per heavy atom. The molecule has 0 amide bonds. The largest absolute Gasteiger partial charge is 0.354 e. The first-order valence-electron chi connectivity index (χ1n) is 9.60. The molecule has 1 aliphatic rings. The number of aryl methyl sites for hydroxylation is 1. The predicted octanol–water partition coefficient (Wildman–Crippen LogP) is 2.90. The van der Waals surface area contributed by atoms with Crippen LogP contribution < -0.4 is 10.2 Å². The van der Waals surface area contributed by atoms with Gasteiger partial charge in [-0.2, -0.15) is 14.8 Å². The van der Waals surface area contributed by atoms with Gasteiger partial charge < -0.3 is 15.1 Å². The highest BCUT2D eigenvalue weighted by Gasteiger charge is 2.20. The number of benzene rings is 1. The van der Waals surface area contributed by atoms with Gasteiger partial charge in [0.2, 0.25) is 5.95 Å². The van der Waals surface area contributed by atoms with E-state index in [0.717, 1.165) is 43.3 Å². The van der Waals surface area contributed by atoms with Crippen LogP contribution in [0.3, 0.4) is 0 Å². The number of rotatable bonds is 5. The van der Waals surface area contributed by atoms with E-state index in [1.807, 2.05) is 37.3 Å². The average molecular weight is 411 g/mol. The van der Waals surface area contributed by atoms with Crippen molar-refractivity contribution < 1.29 is 0 Å². The third-order valence-electron chi connectivity index (χ3n) is 5.10. The zero-order valence-corrected chi connectivity index (χ0v) is 17.3. The molecule has 1 atom stereocenters. The van der Waals surface area contributed by atoms with Crippen molar-refractivity contribution in [2.24, 2.45) is 0 Å². The number of piperazine rings is 1. The smallest absolute Gasteiger partial charge is 0.256 e. The summed E-state index contributed by atoms with van der Waals surface area (Å²) in [4.78, 5) is 13.7. The van der Waals surface area contributed by atoms with E-state index in [1.54, 1.807) is 4.52 Å². The number of nitriles is 1. The quantitative estimate of drug-likeness (QED) is 0.692. The van der Waals surface area contributed by atoms with Crippen molar-refractivity contribution in [1.29, 1.82) is 5.26 Å². The minimum Gasteiger partial charge on any atom is -0.354 e. The number of fused-ring (bicyclic) bond motifs is 1. The molecule has 0 aliphatic carbocycles. The highest BCUT2D eigenvalue weighted by atomic mass is 35.5. The number of aromatic nitrogens is 4. The van der Waals surface area contributed by atoms with Gasteiger partial charge in [0.25, 0.3) is 5.78 Å². The van der Waals surface area contributed by atoms with Crippen LogP contribution in [0.1, 0.15) is 23.7 Å². The number of hydrogen-bond acceptors (Lipinski definition) is 7. The molecule has 3 aromatic rings. The van der Waals surface area contributed by atoms with Crippen LogP contribution in [0.25, 0.3) is 5.78 Å². The second kappa shape index (κ2) is 8.23. The molecule has 1 N–H and O–H groups in total. The Morgan fingerprint density at radius 2 is 2.00 bits per heavy atom. The van der Waals surface area contributed by atoms with E-state index >= 15 is 0 Å². The molecule has 8 nitrogen and oxygen atoms in total. The molecular formula is C20H23ClN8. The van der Waals surface area contributed by atoms with Crippen LogP contribution in [-0.2, 0) is 0 Å². The van der Waals surface area contributed by atoms with Gasteiger partial charge in [-0.3, -0.25) is 0 Å². The topological polar surface area (TPSA) is 85.4 Å². The van der Waals surface area contributed by atoms with E-state index in [9.17, 15) is 5.26 Å². The van der Waals surface area contributed by atoms with Crippen molar-refractivity contribution in [2.45, 2.75) is 19.4 Å². The Bertz CT molecular complexity index is 1050. The monoisotopic (exact) mass is 410 g/mol. The molecule has 29 heavy (non-hydrogen) atoms. The van der Waals surface area contributed by atoms with E-state index < -0.39 is 0 Å². The molecular weight excluding hydrogens is 388 g/mol. The fourth-order valence-electron chi connectivity index (χ4n) is 3.51. The molecule has 3 heterocycles. The Morgan fingerprint density at radius 3 is 2.72 bits per heavy atom. The molecule has 0 unspecified atom stereocenters. The van der Waals surface area contributed by atoms with Gasteiger partial charge in [0, 0.05) is 43.0 Å². The lowest BCUT2D eigenvalue weighted by molar-refractivity contribution is 0.311. The summed E-state index contributed by atoms with van der Waals surface area (Å²) in [5.74, 6) is 1.97. The first-order valence-corrected chi connectivity index (χ1v) is 9.98. The fourth-order valence-corrected chi connectivity index (χ4v) is 3.71. The van der Waals surface area contributed by atoms with Crippen LogP contribution in [0.4, 0.5) is 11.8 Å². The molecule has 2 aromatic heterocycles. The zero-order chi connectivity index (χ0) is 20.4. The average Bonchev–Trinajstić information content (AvgIpc) is 3.10. The molecule has 1 fully saturated rings. The minimum absolute atomic E-state index is 0.260. The van der Waals surface area contributed by atoms with Crippen molar-refractivity contribution >= 4 is 29.1 Å². The lowest BCUT2D eigenvalue weighted by atomic mass is 10.0. The van der Waals surface area contributed by atoms with E-state index in [2.05, 4.69) is 43.3 Å². The van der Waals surface area contributed by atoms with Gasteiger partial charge in [0.05, 0.1) is 18.5 Å². The van der Waals surface area contributed by atoms with Gasteiger partial charge in [0.1, 0.15) is 5.82 Å². The fraction of sp³-hybridized carbons (Fsp3) is 0.400. The molecule has 9 heteroatoms. The van der Waals surface area contributed by atoms with Gasteiger partial charge in [0.15, 0.2) is 0 Å². The Hall–Kier alpha value is -2.89. The van der Waals surface area contributed by atoms with Gasteiger partial charge in [-0.15, -0.1) is 5.10 Å². The number of hydrogen-bond donors (Lipinski definition) is 1. The highest BCUT2D eigenvalue weighted by Crippen LogP contribution is 2.25. The van der Waals surface area contributed by atoms with Crippen molar-refractivity contribution in [3.05, 3.63) is 46.6 Å². The van der Waals surface area contributed by atoms with Crippen molar-refractivity contribution in [3.63, 3.8) is 0 Å². The Balaban J connectivity index is 1.66. The Labute approximate surface area is 174 Å². The molecule has 150 valence electrons. The number of halogens is 1. The van der Waals surface area contributed by atoms with Gasteiger partial charge in [-0.05, 0) is 31.7 Å². The molecule has 1 saturated heterocycles. The van der Waals surface area contributed by atoms with Gasteiger partial charge in [-0.25, -0.2) is 4.98 Å². The van der Waals surface area contributed by atoms with Crippen LogP contribution in [0, 0.1) is 18.3 Å². The second-order valence-electron chi connectivity index (χ2n) is 7.31. The van der Waals surface area contributed by atoms with E-state index in [0.29, 0.717) is 16.7 Å². The first kappa shape index (κ1) is 19.4. The molecule has 0 bridgehead atoms. The predicted molar refractivity (Wildman–Crippen MR) is 113 cm³/mol. The standard InChI is InChI=1S/C20H23ClN8/c1-14-12-18(28-10-8-27(2)9-11-28)29-20(23-14)25-19(26-29)24-17(6-7-22)15-4-3-5-16(21)13-15/h3-5,12-13,17H,6,8-11H2,1-2H3,(H,24,26)/t17-/m1/s1. The van der Waals surface area contributed by atoms with E-state index in [-0.39, 0.29) is 12.5 Å². The lowest BCUT2D eigenvalue weighted by Gasteiger charge is -2.33. The van der Waals surface area contributed by atoms with E-state index in [1.165, 1.54) is 0 Å². The summed E-state index contributed by atoms with van der Waals surface area (Å²) < 4.78 is 1.78. The Kier molecular flexibility index (Phi) is 5.51. The van der Waals surface area contributed by atoms with Crippen LogP contribution in [-0.4, -0.2) is 57.7 Å². The highest BCUT2D eigenvalue weighted by molar-refractivity contribution is 6.30. The van der Waals surface area contributed by atoms with Crippen molar-refractivity contribution in [2.75, 3.05) is 43.4 Å². The zero-order valence-electron chi connectivity index (χ0n) is 16.5. The lowest BCUT2D eigenvalue weighted by Crippen LogP contribution is -2.45. The minimum atomic E-state index is -0.260. The number of nitrogens with one attached hydrogen (secondary N) is 1. The third-order valence-corrected chi connectivity index (χ3v) is 5.33. The normalized spacial score (nSPS) is 16.0. The molecule has 0 saturated carbocycles. The second-order valence-corrected chi connectivity index (χ2v) is 7.74. The third kappa shape index (κ3) is 4.26. The van der Waals surface area contributed by atoms with Crippen LogP contribution in [0.2, 0.25) is 5.02 Å². The number of anilines is 2. The summed E-state index contributed by atoms with van der Waals surface area (Å²) in [5.41, 5.74) is 1.81. The van der Waals surface area contributed by atoms with Crippen LogP contribution in [0.15, 0.2) is 30.3 Å². The molecule has 1 aliphatic heterocycles. The first-order chi connectivity index (χ1) is 14.0. The van der Waals surface area contributed by atoms with Crippen LogP contribution >= 0.6 is 11.6 Å². The molecule has 1 aromatic carbocycles. The van der Waals surface area contributed by atoms with Gasteiger partial charge >= 0.3 is 0 Å². The molecule has 0 radical (unpaired) electrons. The van der Waals surface area contributed by atoms with E-state index in [4.69, 9.17) is 11.6 Å². The number of nitrogens with zero attached hydrogens (tertiary/aromatic N) is 7. The van der Waals surface area contributed by atoms with Gasteiger partial charge in [-0.1, -0.05) is 23.7 Å². The summed E-state index contributed by atoms with van der Waals surface area (Å²) in [5, 5.41) is 17.8. The summed E-state index contributed by atoms with van der Waals surface area (Å²) in [7, 11) is 2.13. The van der Waals surface area contributed by atoms with Crippen molar-refractivity contribution in [3.8, 4) is 6.07 Å². The molecule has 0 spiro atoms. The van der Waals surface area contributed by atoms with Crippen LogP contribution in [0.5, 0.6) is 0 Å². The number of likely N-dealkylation sites (N-methyl/N-ethyl adjacent to an activating group) is 1. The summed E-state index contributed by atoms with van der Waals surface area (Å²) >= 11 is 6.13. The summed E-state index contributed by atoms with van der Waals surface area (Å²) in [6, 6.07) is 11.5. The maximum Gasteiger partial charge on any atom is 0.256 e.